The molecule has 4 heteroatoms. The van der Waals surface area contributed by atoms with E-state index in [0.717, 1.165) is 12.8 Å². The molecule has 86 valence electrons. The van der Waals surface area contributed by atoms with Gasteiger partial charge in [-0.3, -0.25) is 4.79 Å². The third-order valence-electron chi connectivity index (χ3n) is 3.09. The van der Waals surface area contributed by atoms with Crippen LogP contribution in [0.3, 0.4) is 0 Å². The quantitative estimate of drug-likeness (QED) is 0.845. The van der Waals surface area contributed by atoms with Gasteiger partial charge in [0.2, 0.25) is 0 Å². The maximum absolute atomic E-state index is 12.3. The van der Waals surface area contributed by atoms with Crippen molar-refractivity contribution in [3.63, 3.8) is 0 Å². The average molecular weight is 258 g/mol. The van der Waals surface area contributed by atoms with Crippen molar-refractivity contribution in [2.45, 2.75) is 25.3 Å². The van der Waals surface area contributed by atoms with Gasteiger partial charge in [0.1, 0.15) is 0 Å². The highest BCUT2D eigenvalue weighted by atomic mass is 35.5. The molecule has 0 saturated heterocycles. The molecular weight excluding hydrogens is 245 g/mol. The second-order valence-corrected chi connectivity index (χ2v) is 5.35. The van der Waals surface area contributed by atoms with Gasteiger partial charge in [0.05, 0.1) is 10.6 Å². The predicted octanol–water partition coefficient (Wildman–Crippen LogP) is 3.30. The molecule has 2 rings (SSSR count). The van der Waals surface area contributed by atoms with E-state index in [-0.39, 0.29) is 11.7 Å². The molecule has 1 aliphatic carbocycles. The van der Waals surface area contributed by atoms with Crippen LogP contribution >= 0.6 is 23.2 Å². The molecule has 0 heterocycles. The second kappa shape index (κ2) is 4.02. The van der Waals surface area contributed by atoms with Crippen LogP contribution in [0.5, 0.6) is 0 Å². The lowest BCUT2D eigenvalue weighted by molar-refractivity contribution is 0.0883. The van der Waals surface area contributed by atoms with Crippen molar-refractivity contribution >= 4 is 29.0 Å². The van der Waals surface area contributed by atoms with E-state index in [1.54, 1.807) is 25.1 Å². The molecule has 1 aromatic carbocycles. The Kier molecular flexibility index (Phi) is 2.99. The summed E-state index contributed by atoms with van der Waals surface area (Å²) in [7, 11) is 0. The Bertz CT molecular complexity index is 439. The predicted molar refractivity (Wildman–Crippen MR) is 66.1 cm³/mol. The summed E-state index contributed by atoms with van der Waals surface area (Å²) in [4.78, 5) is 12.3. The van der Waals surface area contributed by atoms with E-state index in [9.17, 15) is 4.79 Å². The highest BCUT2D eigenvalue weighted by Gasteiger charge is 2.44. The fourth-order valence-electron chi connectivity index (χ4n) is 1.83. The third kappa shape index (κ3) is 2.10. The molecule has 1 aromatic rings. The number of hydrogen-bond acceptors (Lipinski definition) is 2. The molecule has 1 unspecified atom stereocenters. The van der Waals surface area contributed by atoms with Crippen LogP contribution in [0.15, 0.2) is 18.2 Å². The van der Waals surface area contributed by atoms with Gasteiger partial charge in [-0.15, -0.1) is 0 Å². The van der Waals surface area contributed by atoms with Gasteiger partial charge in [-0.2, -0.15) is 0 Å². The average Bonchev–Trinajstić information content (AvgIpc) is 3.04. The fraction of sp³-hybridized carbons (Fsp3) is 0.417. The van der Waals surface area contributed by atoms with Crippen molar-refractivity contribution in [3.05, 3.63) is 33.8 Å². The standard InChI is InChI=1S/C12H13Cl2NO/c1-12(15,7-2-3-7)11(16)9-6-8(13)4-5-10(9)14/h4-7H,2-3,15H2,1H3. The van der Waals surface area contributed by atoms with Gasteiger partial charge >= 0.3 is 0 Å². The summed E-state index contributed by atoms with van der Waals surface area (Å²) in [5.41, 5.74) is 5.66. The lowest BCUT2D eigenvalue weighted by Crippen LogP contribution is -2.47. The number of benzene rings is 1. The van der Waals surface area contributed by atoms with Gasteiger partial charge in [0.15, 0.2) is 5.78 Å². The van der Waals surface area contributed by atoms with Crippen molar-refractivity contribution in [2.75, 3.05) is 0 Å². The molecule has 1 fully saturated rings. The molecule has 2 N–H and O–H groups in total. The van der Waals surface area contributed by atoms with E-state index in [2.05, 4.69) is 0 Å². The molecule has 0 radical (unpaired) electrons. The zero-order valence-corrected chi connectivity index (χ0v) is 10.5. The summed E-state index contributed by atoms with van der Waals surface area (Å²) in [5, 5.41) is 0.908. The zero-order valence-electron chi connectivity index (χ0n) is 8.97. The number of halogens is 2. The zero-order chi connectivity index (χ0) is 11.9. The van der Waals surface area contributed by atoms with Crippen LogP contribution < -0.4 is 5.73 Å². The van der Waals surface area contributed by atoms with Crippen LogP contribution in [-0.4, -0.2) is 11.3 Å². The van der Waals surface area contributed by atoms with Crippen LogP contribution in [0.4, 0.5) is 0 Å². The first kappa shape index (κ1) is 11.9. The summed E-state index contributed by atoms with van der Waals surface area (Å²) in [6, 6.07) is 4.87. The van der Waals surface area contributed by atoms with Gasteiger partial charge in [-0.25, -0.2) is 0 Å². The second-order valence-electron chi connectivity index (χ2n) is 4.51. The molecular formula is C12H13Cl2NO. The molecule has 0 amide bonds. The third-order valence-corrected chi connectivity index (χ3v) is 3.65. The topological polar surface area (TPSA) is 43.1 Å². The minimum atomic E-state index is -0.825. The van der Waals surface area contributed by atoms with Crippen LogP contribution in [0.25, 0.3) is 0 Å². The number of carbonyl (C=O) groups excluding carboxylic acids is 1. The Morgan fingerprint density at radius 1 is 1.44 bits per heavy atom. The molecule has 0 bridgehead atoms. The van der Waals surface area contributed by atoms with Crippen LogP contribution in [-0.2, 0) is 0 Å². The van der Waals surface area contributed by atoms with Gasteiger partial charge in [0.25, 0.3) is 0 Å². The Morgan fingerprint density at radius 2 is 2.06 bits per heavy atom. The number of nitrogens with two attached hydrogens (primary N) is 1. The van der Waals surface area contributed by atoms with E-state index in [1.165, 1.54) is 0 Å². The van der Waals surface area contributed by atoms with Crippen molar-refractivity contribution in [1.82, 2.24) is 0 Å². The number of carbonyl (C=O) groups is 1. The summed E-state index contributed by atoms with van der Waals surface area (Å²) in [6.45, 7) is 1.77. The number of ketones is 1. The molecule has 1 atom stereocenters. The fourth-order valence-corrected chi connectivity index (χ4v) is 2.21. The number of rotatable bonds is 3. The first-order valence-corrected chi connectivity index (χ1v) is 5.97. The van der Waals surface area contributed by atoms with E-state index >= 15 is 0 Å². The maximum Gasteiger partial charge on any atom is 0.184 e. The smallest absolute Gasteiger partial charge is 0.184 e. The molecule has 0 aliphatic heterocycles. The highest BCUT2D eigenvalue weighted by molar-refractivity contribution is 6.36. The minimum absolute atomic E-state index is 0.123. The van der Waals surface area contributed by atoms with E-state index in [1.807, 2.05) is 0 Å². The van der Waals surface area contributed by atoms with E-state index in [0.29, 0.717) is 15.6 Å². The lowest BCUT2D eigenvalue weighted by atomic mass is 9.87. The van der Waals surface area contributed by atoms with Crippen molar-refractivity contribution in [3.8, 4) is 0 Å². The van der Waals surface area contributed by atoms with Gasteiger partial charge < -0.3 is 5.73 Å². The summed E-state index contributed by atoms with van der Waals surface area (Å²) in [5.74, 6) is 0.151. The van der Waals surface area contributed by atoms with Crippen LogP contribution in [0.1, 0.15) is 30.1 Å². The Labute approximate surface area is 105 Å². The lowest BCUT2D eigenvalue weighted by Gasteiger charge is -2.23. The highest BCUT2D eigenvalue weighted by Crippen LogP contribution is 2.40. The van der Waals surface area contributed by atoms with Crippen LogP contribution in [0.2, 0.25) is 10.0 Å². The van der Waals surface area contributed by atoms with Gasteiger partial charge in [0, 0.05) is 10.6 Å². The first-order chi connectivity index (χ1) is 7.43. The Hall–Kier alpha value is -0.570. The van der Waals surface area contributed by atoms with Crippen LogP contribution in [0, 0.1) is 5.92 Å². The van der Waals surface area contributed by atoms with Gasteiger partial charge in [-0.1, -0.05) is 23.2 Å². The maximum atomic E-state index is 12.3. The first-order valence-electron chi connectivity index (χ1n) is 5.21. The minimum Gasteiger partial charge on any atom is -0.319 e. The molecule has 1 saturated carbocycles. The van der Waals surface area contributed by atoms with E-state index in [4.69, 9.17) is 28.9 Å². The molecule has 0 aromatic heterocycles. The van der Waals surface area contributed by atoms with Gasteiger partial charge in [-0.05, 0) is 43.9 Å². The molecule has 16 heavy (non-hydrogen) atoms. The normalized spacial score (nSPS) is 19.2. The molecule has 0 spiro atoms. The van der Waals surface area contributed by atoms with Crippen molar-refractivity contribution in [2.24, 2.45) is 11.7 Å². The number of Topliss-reactive ketones (excluding diaryl/α,β-unsaturated/α-hetero) is 1. The Morgan fingerprint density at radius 3 is 2.62 bits per heavy atom. The van der Waals surface area contributed by atoms with E-state index < -0.39 is 5.54 Å². The summed E-state index contributed by atoms with van der Waals surface area (Å²) < 4.78 is 0. The molecule has 1 aliphatic rings. The van der Waals surface area contributed by atoms with Crippen molar-refractivity contribution < 1.29 is 4.79 Å². The number of hydrogen-bond donors (Lipinski definition) is 1. The summed E-state index contributed by atoms with van der Waals surface area (Å²) >= 11 is 11.8. The monoisotopic (exact) mass is 257 g/mol. The molecule has 2 nitrogen and oxygen atoms in total. The summed E-state index contributed by atoms with van der Waals surface area (Å²) in [6.07, 6.45) is 2.02. The van der Waals surface area contributed by atoms with Crippen molar-refractivity contribution in [1.29, 1.82) is 0 Å². The largest absolute Gasteiger partial charge is 0.319 e. The Balaban J connectivity index is 2.36. The SMILES string of the molecule is CC(N)(C(=O)c1cc(Cl)ccc1Cl)C1CC1.